The quantitative estimate of drug-likeness (QED) is 0.812. The third kappa shape index (κ3) is 4.88. The van der Waals surface area contributed by atoms with Crippen molar-refractivity contribution in [1.29, 1.82) is 0 Å². The molecule has 1 atom stereocenters. The van der Waals surface area contributed by atoms with Crippen LogP contribution in [0.25, 0.3) is 10.7 Å². The van der Waals surface area contributed by atoms with Crippen LogP contribution in [-0.2, 0) is 16.0 Å². The highest BCUT2D eigenvalue weighted by Crippen LogP contribution is 2.23. The van der Waals surface area contributed by atoms with Crippen molar-refractivity contribution in [2.24, 2.45) is 5.92 Å². The van der Waals surface area contributed by atoms with Crippen LogP contribution >= 0.6 is 11.3 Å². The Labute approximate surface area is 149 Å². The first-order valence-electron chi connectivity index (χ1n) is 8.48. The van der Waals surface area contributed by atoms with Crippen LogP contribution in [0.4, 0.5) is 0 Å². The van der Waals surface area contributed by atoms with E-state index in [2.05, 4.69) is 10.1 Å². The molecule has 134 valence electrons. The number of likely N-dealkylation sites (tertiary alicyclic amines) is 1. The van der Waals surface area contributed by atoms with Crippen molar-refractivity contribution in [3.8, 4) is 10.7 Å². The van der Waals surface area contributed by atoms with Crippen molar-refractivity contribution in [3.05, 3.63) is 23.4 Å². The molecular weight excluding hydrogens is 342 g/mol. The molecule has 1 N–H and O–H groups in total. The van der Waals surface area contributed by atoms with E-state index in [-0.39, 0.29) is 18.2 Å². The number of hydrogen-bond donors (Lipinski definition) is 1. The highest BCUT2D eigenvalue weighted by atomic mass is 32.1. The normalized spacial score (nSPS) is 17.6. The second kappa shape index (κ2) is 8.24. The lowest BCUT2D eigenvalue weighted by molar-refractivity contribution is -0.137. The van der Waals surface area contributed by atoms with Gasteiger partial charge < -0.3 is 14.5 Å². The third-order valence-electron chi connectivity index (χ3n) is 4.40. The average Bonchev–Trinajstić information content (AvgIpc) is 3.29. The van der Waals surface area contributed by atoms with Crippen LogP contribution in [-0.4, -0.2) is 45.1 Å². The Morgan fingerprint density at radius 2 is 2.28 bits per heavy atom. The Morgan fingerprint density at radius 3 is 3.04 bits per heavy atom. The van der Waals surface area contributed by atoms with E-state index in [9.17, 15) is 9.59 Å². The SMILES string of the molecule is O=C(O)CCC1CCCN(C(=O)CCc2nc(-c3cccs3)no2)C1. The fourth-order valence-corrected chi connectivity index (χ4v) is 3.74. The monoisotopic (exact) mass is 363 g/mol. The van der Waals surface area contributed by atoms with Crippen LogP contribution in [0, 0.1) is 5.92 Å². The highest BCUT2D eigenvalue weighted by Gasteiger charge is 2.24. The first-order chi connectivity index (χ1) is 12.1. The standard InChI is InChI=1S/C17H21N3O4S/c21-15(20-9-1-3-12(11-20)5-8-16(22)23)7-6-14-18-17(19-24-14)13-4-2-10-25-13/h2,4,10,12H,1,3,5-9,11H2,(H,22,23). The second-order valence-electron chi connectivity index (χ2n) is 6.27. The van der Waals surface area contributed by atoms with Crippen molar-refractivity contribution in [2.45, 2.75) is 38.5 Å². The molecule has 3 rings (SSSR count). The Balaban J connectivity index is 1.48. The smallest absolute Gasteiger partial charge is 0.303 e. The Morgan fingerprint density at radius 1 is 1.40 bits per heavy atom. The maximum Gasteiger partial charge on any atom is 0.303 e. The number of aliphatic carboxylic acids is 1. The van der Waals surface area contributed by atoms with Gasteiger partial charge in [-0.2, -0.15) is 4.98 Å². The molecular formula is C17H21N3O4S. The Hall–Kier alpha value is -2.22. The third-order valence-corrected chi connectivity index (χ3v) is 5.27. The number of nitrogens with zero attached hydrogens (tertiary/aromatic N) is 3. The molecule has 2 aromatic heterocycles. The summed E-state index contributed by atoms with van der Waals surface area (Å²) in [6.45, 7) is 1.39. The lowest BCUT2D eigenvalue weighted by atomic mass is 9.93. The van der Waals surface area contributed by atoms with Crippen molar-refractivity contribution in [2.75, 3.05) is 13.1 Å². The van der Waals surface area contributed by atoms with Crippen LogP contribution in [0.3, 0.4) is 0 Å². The van der Waals surface area contributed by atoms with Gasteiger partial charge in [0.05, 0.1) is 4.88 Å². The molecule has 1 unspecified atom stereocenters. The zero-order valence-electron chi connectivity index (χ0n) is 13.9. The van der Waals surface area contributed by atoms with Crippen LogP contribution < -0.4 is 0 Å². The van der Waals surface area contributed by atoms with E-state index in [1.54, 1.807) is 11.3 Å². The maximum atomic E-state index is 12.4. The van der Waals surface area contributed by atoms with E-state index in [0.717, 1.165) is 24.3 Å². The summed E-state index contributed by atoms with van der Waals surface area (Å²) in [5.74, 6) is 0.597. The topological polar surface area (TPSA) is 96.5 Å². The summed E-state index contributed by atoms with van der Waals surface area (Å²) in [6, 6.07) is 3.85. The maximum absolute atomic E-state index is 12.4. The summed E-state index contributed by atoms with van der Waals surface area (Å²) in [5, 5.41) is 14.7. The number of carboxylic acid groups (broad SMARTS) is 1. The molecule has 7 nitrogen and oxygen atoms in total. The van der Waals surface area contributed by atoms with E-state index in [1.807, 2.05) is 22.4 Å². The van der Waals surface area contributed by atoms with Gasteiger partial charge in [0.25, 0.3) is 0 Å². The van der Waals surface area contributed by atoms with Crippen LogP contribution in [0.2, 0.25) is 0 Å². The molecule has 2 aromatic rings. The molecule has 1 aliphatic rings. The molecule has 1 aliphatic heterocycles. The van der Waals surface area contributed by atoms with E-state index >= 15 is 0 Å². The predicted molar refractivity (Wildman–Crippen MR) is 92.1 cm³/mol. The summed E-state index contributed by atoms with van der Waals surface area (Å²) in [5.41, 5.74) is 0. The number of piperidine rings is 1. The molecule has 0 aliphatic carbocycles. The van der Waals surface area contributed by atoms with Crippen molar-refractivity contribution < 1.29 is 19.2 Å². The first kappa shape index (κ1) is 17.6. The molecule has 0 bridgehead atoms. The summed E-state index contributed by atoms with van der Waals surface area (Å²) in [6.07, 6.45) is 3.47. The Bertz CT molecular complexity index is 713. The van der Waals surface area contributed by atoms with Crippen LogP contribution in [0.5, 0.6) is 0 Å². The largest absolute Gasteiger partial charge is 0.481 e. The highest BCUT2D eigenvalue weighted by molar-refractivity contribution is 7.13. The van der Waals surface area contributed by atoms with Crippen LogP contribution in [0.1, 0.15) is 38.0 Å². The van der Waals surface area contributed by atoms with Gasteiger partial charge in [-0.1, -0.05) is 11.2 Å². The fraction of sp³-hybridized carbons (Fsp3) is 0.529. The van der Waals surface area contributed by atoms with E-state index in [1.165, 1.54) is 0 Å². The van der Waals surface area contributed by atoms with Crippen molar-refractivity contribution in [3.63, 3.8) is 0 Å². The second-order valence-corrected chi connectivity index (χ2v) is 7.22. The molecule has 8 heteroatoms. The molecule has 1 saturated heterocycles. The summed E-state index contributed by atoms with van der Waals surface area (Å²) in [4.78, 5) is 30.2. The minimum Gasteiger partial charge on any atom is -0.481 e. The zero-order valence-corrected chi connectivity index (χ0v) is 14.7. The van der Waals surface area contributed by atoms with Gasteiger partial charge in [-0.15, -0.1) is 11.3 Å². The molecule has 1 amide bonds. The molecule has 1 fully saturated rings. The van der Waals surface area contributed by atoms with Gasteiger partial charge in [0.2, 0.25) is 17.6 Å². The number of thiophene rings is 1. The van der Waals surface area contributed by atoms with Crippen LogP contribution in [0.15, 0.2) is 22.0 Å². The van der Waals surface area contributed by atoms with Gasteiger partial charge in [-0.25, -0.2) is 0 Å². The molecule has 0 spiro atoms. The number of carboxylic acids is 1. The van der Waals surface area contributed by atoms with E-state index in [0.29, 0.717) is 37.5 Å². The number of rotatable bonds is 7. The van der Waals surface area contributed by atoms with E-state index in [4.69, 9.17) is 9.63 Å². The molecule has 0 saturated carbocycles. The summed E-state index contributed by atoms with van der Waals surface area (Å²) < 4.78 is 5.22. The molecule has 0 radical (unpaired) electrons. The predicted octanol–water partition coefficient (Wildman–Crippen LogP) is 2.83. The first-order valence-corrected chi connectivity index (χ1v) is 9.36. The number of aryl methyl sites for hydroxylation is 1. The molecule has 25 heavy (non-hydrogen) atoms. The average molecular weight is 363 g/mol. The van der Waals surface area contributed by atoms with Gasteiger partial charge in [-0.3, -0.25) is 9.59 Å². The number of hydrogen-bond acceptors (Lipinski definition) is 6. The zero-order chi connectivity index (χ0) is 17.6. The molecule has 0 aromatic carbocycles. The van der Waals surface area contributed by atoms with Crippen molar-refractivity contribution in [1.82, 2.24) is 15.0 Å². The molecule has 3 heterocycles. The fourth-order valence-electron chi connectivity index (χ4n) is 3.09. The number of carbonyl (C=O) groups is 2. The lowest BCUT2D eigenvalue weighted by Crippen LogP contribution is -2.40. The summed E-state index contributed by atoms with van der Waals surface area (Å²) >= 11 is 1.54. The minimum atomic E-state index is -0.776. The number of aromatic nitrogens is 2. The minimum absolute atomic E-state index is 0.0656. The van der Waals surface area contributed by atoms with Gasteiger partial charge in [0.1, 0.15) is 0 Å². The van der Waals surface area contributed by atoms with Gasteiger partial charge in [-0.05, 0) is 36.6 Å². The van der Waals surface area contributed by atoms with Gasteiger partial charge in [0.15, 0.2) is 0 Å². The van der Waals surface area contributed by atoms with Crippen molar-refractivity contribution >= 4 is 23.2 Å². The van der Waals surface area contributed by atoms with Gasteiger partial charge >= 0.3 is 5.97 Å². The van der Waals surface area contributed by atoms with E-state index < -0.39 is 5.97 Å². The Kier molecular flexibility index (Phi) is 5.80. The van der Waals surface area contributed by atoms with Gasteiger partial charge in [0, 0.05) is 32.4 Å². The summed E-state index contributed by atoms with van der Waals surface area (Å²) in [7, 11) is 0. The lowest BCUT2D eigenvalue weighted by Gasteiger charge is -2.32. The number of carbonyl (C=O) groups excluding carboxylic acids is 1. The number of amides is 1.